The summed E-state index contributed by atoms with van der Waals surface area (Å²) < 4.78 is 35.5. The predicted octanol–water partition coefficient (Wildman–Crippen LogP) is 8.08. The van der Waals surface area contributed by atoms with Gasteiger partial charge in [-0.05, 0) is 48.1 Å². The third kappa shape index (κ3) is 9.04. The second-order valence-corrected chi connectivity index (χ2v) is 11.2. The van der Waals surface area contributed by atoms with E-state index < -0.39 is 10.0 Å². The van der Waals surface area contributed by atoms with E-state index in [2.05, 4.69) is 32.4 Å². The Morgan fingerprint density at radius 1 is 0.818 bits per heavy atom. The van der Waals surface area contributed by atoms with Gasteiger partial charge in [-0.2, -0.15) is 0 Å². The Bertz CT molecular complexity index is 923. The summed E-state index contributed by atoms with van der Waals surface area (Å²) in [6, 6.07) is 14.7. The molecule has 0 aliphatic heterocycles. The normalized spacial score (nSPS) is 12.0. The summed E-state index contributed by atoms with van der Waals surface area (Å²) in [5, 5.41) is 0. The molecule has 0 heterocycles. The average molecular weight is 474 g/mol. The Kier molecular flexibility index (Phi) is 11.3. The van der Waals surface area contributed by atoms with Gasteiger partial charge in [0.05, 0.1) is 6.61 Å². The summed E-state index contributed by atoms with van der Waals surface area (Å²) in [5.41, 5.74) is 1.47. The van der Waals surface area contributed by atoms with Crippen LogP contribution < -0.4 is 9.46 Å². The second-order valence-electron chi connectivity index (χ2n) is 9.59. The van der Waals surface area contributed by atoms with Crippen molar-refractivity contribution in [2.75, 3.05) is 11.3 Å². The molecule has 184 valence electrons. The third-order valence-corrected chi connectivity index (χ3v) is 7.60. The summed E-state index contributed by atoms with van der Waals surface area (Å²) in [6.07, 6.45) is 11.5. The van der Waals surface area contributed by atoms with Gasteiger partial charge in [-0.25, -0.2) is 8.42 Å². The average Bonchev–Trinajstić information content (AvgIpc) is 2.79. The van der Waals surface area contributed by atoms with Crippen LogP contribution in [0.2, 0.25) is 0 Å². The molecule has 0 amide bonds. The van der Waals surface area contributed by atoms with Gasteiger partial charge >= 0.3 is 0 Å². The molecule has 2 aromatic carbocycles. The molecule has 0 aliphatic rings. The first-order valence-corrected chi connectivity index (χ1v) is 14.1. The number of para-hydroxylation sites is 1. The summed E-state index contributed by atoms with van der Waals surface area (Å²) in [7, 11) is -3.78. The topological polar surface area (TPSA) is 55.4 Å². The number of unbranched alkanes of at least 4 members (excludes halogenated alkanes) is 7. The molecule has 0 spiro atoms. The van der Waals surface area contributed by atoms with E-state index in [1.807, 2.05) is 36.4 Å². The molecule has 1 N–H and O–H groups in total. The largest absolute Gasteiger partial charge is 0.492 e. The van der Waals surface area contributed by atoms with Crippen LogP contribution in [0, 0.1) is 0 Å². The lowest BCUT2D eigenvalue weighted by Gasteiger charge is -2.26. The van der Waals surface area contributed by atoms with E-state index >= 15 is 0 Å². The van der Waals surface area contributed by atoms with Crippen molar-refractivity contribution in [2.45, 2.75) is 102 Å². The van der Waals surface area contributed by atoms with Crippen molar-refractivity contribution >= 4 is 15.7 Å². The molecular formula is C28H43NO3S. The number of ether oxygens (including phenoxy) is 1. The highest BCUT2D eigenvalue weighted by atomic mass is 32.2. The van der Waals surface area contributed by atoms with E-state index in [0.717, 1.165) is 31.2 Å². The predicted molar refractivity (Wildman–Crippen MR) is 140 cm³/mol. The fourth-order valence-corrected chi connectivity index (χ4v) is 5.23. The first kappa shape index (κ1) is 27.2. The zero-order valence-electron chi connectivity index (χ0n) is 21.0. The number of nitrogens with one attached hydrogen (secondary N) is 1. The third-order valence-electron chi connectivity index (χ3n) is 6.20. The number of sulfonamides is 1. The van der Waals surface area contributed by atoms with Gasteiger partial charge in [0.25, 0.3) is 10.0 Å². The maximum atomic E-state index is 13.4. The molecular weight excluding hydrogens is 430 g/mol. The molecule has 2 rings (SSSR count). The van der Waals surface area contributed by atoms with Crippen LogP contribution >= 0.6 is 0 Å². The van der Waals surface area contributed by atoms with Crippen LogP contribution in [0.1, 0.15) is 97.5 Å². The molecule has 0 saturated carbocycles. The van der Waals surface area contributed by atoms with Crippen LogP contribution in [0.3, 0.4) is 0 Å². The summed E-state index contributed by atoms with van der Waals surface area (Å²) in [6.45, 7) is 9.32. The van der Waals surface area contributed by atoms with Crippen LogP contribution in [0.25, 0.3) is 0 Å². The van der Waals surface area contributed by atoms with Gasteiger partial charge < -0.3 is 4.74 Å². The number of anilines is 1. The molecule has 5 heteroatoms. The second kappa shape index (κ2) is 13.6. The number of benzene rings is 2. The lowest BCUT2D eigenvalue weighted by molar-refractivity contribution is 0.296. The van der Waals surface area contributed by atoms with Gasteiger partial charge in [0, 0.05) is 5.69 Å². The Hall–Kier alpha value is -2.01. The summed E-state index contributed by atoms with van der Waals surface area (Å²) in [5.74, 6) is 0.431. The Balaban J connectivity index is 2.23. The van der Waals surface area contributed by atoms with Crippen LogP contribution in [0.4, 0.5) is 5.69 Å². The van der Waals surface area contributed by atoms with Crippen molar-refractivity contribution in [3.8, 4) is 5.75 Å². The molecule has 4 nitrogen and oxygen atoms in total. The molecule has 0 saturated heterocycles. The minimum absolute atomic E-state index is 0.107. The zero-order chi connectivity index (χ0) is 24.2. The smallest absolute Gasteiger partial charge is 0.265 e. The van der Waals surface area contributed by atoms with Crippen molar-refractivity contribution in [1.29, 1.82) is 0 Å². The van der Waals surface area contributed by atoms with E-state index in [1.165, 1.54) is 38.5 Å². The molecule has 0 radical (unpaired) electrons. The summed E-state index contributed by atoms with van der Waals surface area (Å²) >= 11 is 0. The minimum atomic E-state index is -3.78. The highest BCUT2D eigenvalue weighted by molar-refractivity contribution is 7.92. The van der Waals surface area contributed by atoms with E-state index in [-0.39, 0.29) is 10.3 Å². The van der Waals surface area contributed by atoms with Crippen molar-refractivity contribution in [1.82, 2.24) is 0 Å². The van der Waals surface area contributed by atoms with Gasteiger partial charge in [0.15, 0.2) is 0 Å². The Morgan fingerprint density at radius 2 is 1.45 bits per heavy atom. The van der Waals surface area contributed by atoms with Gasteiger partial charge in [-0.15, -0.1) is 0 Å². The Labute approximate surface area is 202 Å². The van der Waals surface area contributed by atoms with Crippen molar-refractivity contribution in [3.63, 3.8) is 0 Å². The van der Waals surface area contributed by atoms with Crippen molar-refractivity contribution in [3.05, 3.63) is 54.1 Å². The molecule has 0 atom stereocenters. The van der Waals surface area contributed by atoms with E-state index in [0.29, 0.717) is 18.0 Å². The highest BCUT2D eigenvalue weighted by Crippen LogP contribution is 2.35. The minimum Gasteiger partial charge on any atom is -0.492 e. The maximum Gasteiger partial charge on any atom is 0.265 e. The van der Waals surface area contributed by atoms with Crippen LogP contribution in [0.15, 0.2) is 53.4 Å². The number of hydrogen-bond donors (Lipinski definition) is 1. The monoisotopic (exact) mass is 473 g/mol. The van der Waals surface area contributed by atoms with Crippen LogP contribution in [-0.4, -0.2) is 15.0 Å². The van der Waals surface area contributed by atoms with E-state index in [4.69, 9.17) is 4.74 Å². The van der Waals surface area contributed by atoms with Gasteiger partial charge in [-0.3, -0.25) is 4.72 Å². The van der Waals surface area contributed by atoms with E-state index in [1.54, 1.807) is 12.1 Å². The molecule has 0 unspecified atom stereocenters. The summed E-state index contributed by atoms with van der Waals surface area (Å²) in [4.78, 5) is 0.221. The first-order chi connectivity index (χ1) is 15.8. The fourth-order valence-electron chi connectivity index (χ4n) is 4.00. The van der Waals surface area contributed by atoms with Crippen molar-refractivity contribution < 1.29 is 13.2 Å². The van der Waals surface area contributed by atoms with Crippen LogP contribution in [-0.2, 0) is 15.4 Å². The molecule has 0 bridgehead atoms. The molecule has 2 aromatic rings. The van der Waals surface area contributed by atoms with Gasteiger partial charge in [0.1, 0.15) is 10.6 Å². The van der Waals surface area contributed by atoms with Crippen LogP contribution in [0.5, 0.6) is 5.75 Å². The maximum absolute atomic E-state index is 13.4. The van der Waals surface area contributed by atoms with Gasteiger partial charge in [-0.1, -0.05) is 103 Å². The first-order valence-electron chi connectivity index (χ1n) is 12.7. The highest BCUT2D eigenvalue weighted by Gasteiger charge is 2.26. The van der Waals surface area contributed by atoms with E-state index in [9.17, 15) is 8.42 Å². The molecule has 33 heavy (non-hydrogen) atoms. The standard InChI is InChI=1S/C28H43NO3S/c1-5-7-9-10-11-16-22-32-26-20-19-24(28(3,4)21-15-8-6-2)23-27(26)33(30,31)29-25-17-13-12-14-18-25/h12-14,17-20,23,29H,5-11,15-16,21-22H2,1-4H3. The number of hydrogen-bond acceptors (Lipinski definition) is 3. The lowest BCUT2D eigenvalue weighted by atomic mass is 9.80. The lowest BCUT2D eigenvalue weighted by Crippen LogP contribution is -2.20. The van der Waals surface area contributed by atoms with Crippen molar-refractivity contribution in [2.24, 2.45) is 0 Å². The Morgan fingerprint density at radius 3 is 2.15 bits per heavy atom. The number of rotatable bonds is 16. The SMILES string of the molecule is CCCCCCCCOc1ccc(C(C)(C)CCCCC)cc1S(=O)(=O)Nc1ccccc1. The molecule has 0 aromatic heterocycles. The van der Waals surface area contributed by atoms with Gasteiger partial charge in [0.2, 0.25) is 0 Å². The quantitative estimate of drug-likeness (QED) is 0.251. The molecule has 0 aliphatic carbocycles. The zero-order valence-corrected chi connectivity index (χ0v) is 21.8. The molecule has 0 fully saturated rings. The fraction of sp³-hybridized carbons (Fsp3) is 0.571.